The predicted molar refractivity (Wildman–Crippen MR) is 72.4 cm³/mol. The van der Waals surface area contributed by atoms with Crippen LogP contribution in [0.25, 0.3) is 0 Å². The van der Waals surface area contributed by atoms with E-state index in [0.717, 1.165) is 32.5 Å². The number of ether oxygens (including phenoxy) is 1. The number of benzene rings is 1. The minimum Gasteiger partial charge on any atom is -0.459 e. The fourth-order valence-electron chi connectivity index (χ4n) is 3.10. The van der Waals surface area contributed by atoms with Crippen LogP contribution >= 0.6 is 0 Å². The second-order valence-electron chi connectivity index (χ2n) is 5.65. The molecule has 0 spiro atoms. The number of hydrogen-bond acceptors (Lipinski definition) is 4. The van der Waals surface area contributed by atoms with Crippen LogP contribution in [0.1, 0.15) is 24.4 Å². The first-order valence-corrected chi connectivity index (χ1v) is 7.07. The van der Waals surface area contributed by atoms with E-state index in [4.69, 9.17) is 10.5 Å². The highest BCUT2D eigenvalue weighted by Crippen LogP contribution is 2.30. The number of fused-ring (bicyclic) bond motifs is 3. The molecule has 3 aliphatic heterocycles. The quantitative estimate of drug-likeness (QED) is 0.851. The van der Waals surface area contributed by atoms with Gasteiger partial charge in [-0.15, -0.1) is 0 Å². The molecule has 3 fully saturated rings. The Morgan fingerprint density at radius 2 is 2.15 bits per heavy atom. The molecule has 0 amide bonds. The molecule has 0 radical (unpaired) electrons. The Kier molecular flexibility index (Phi) is 3.72. The van der Waals surface area contributed by atoms with E-state index in [0.29, 0.717) is 11.5 Å². The minimum absolute atomic E-state index is 0.0652. The van der Waals surface area contributed by atoms with E-state index >= 15 is 0 Å². The Balaban J connectivity index is 1.64. The highest BCUT2D eigenvalue weighted by atomic mass is 19.1. The van der Waals surface area contributed by atoms with E-state index in [2.05, 4.69) is 4.90 Å². The van der Waals surface area contributed by atoms with Gasteiger partial charge in [-0.3, -0.25) is 4.90 Å². The maximum atomic E-state index is 13.2. The summed E-state index contributed by atoms with van der Waals surface area (Å²) in [6, 6.07) is 4.88. The van der Waals surface area contributed by atoms with E-state index < -0.39 is 17.8 Å². The number of halogens is 1. The van der Waals surface area contributed by atoms with Crippen molar-refractivity contribution in [1.82, 2.24) is 4.90 Å². The number of esters is 1. The van der Waals surface area contributed by atoms with Crippen molar-refractivity contribution in [3.63, 3.8) is 0 Å². The molecule has 108 valence electrons. The van der Waals surface area contributed by atoms with Gasteiger partial charge in [0.1, 0.15) is 18.0 Å². The molecule has 20 heavy (non-hydrogen) atoms. The monoisotopic (exact) mass is 278 g/mol. The molecule has 0 aliphatic carbocycles. The molecule has 2 bridgehead atoms. The van der Waals surface area contributed by atoms with Crippen LogP contribution < -0.4 is 5.73 Å². The average Bonchev–Trinajstić information content (AvgIpc) is 2.47. The van der Waals surface area contributed by atoms with Crippen molar-refractivity contribution in [3.8, 4) is 0 Å². The smallest absolute Gasteiger partial charge is 0.327 e. The van der Waals surface area contributed by atoms with Crippen LogP contribution in [-0.4, -0.2) is 36.6 Å². The van der Waals surface area contributed by atoms with Crippen molar-refractivity contribution in [3.05, 3.63) is 35.6 Å². The summed E-state index contributed by atoms with van der Waals surface area (Å²) in [5.74, 6) is -0.411. The molecular weight excluding hydrogens is 259 g/mol. The van der Waals surface area contributed by atoms with Crippen LogP contribution in [0.4, 0.5) is 4.39 Å². The summed E-state index contributed by atoms with van der Waals surface area (Å²) >= 11 is 0. The molecule has 1 aromatic rings. The molecule has 2 atom stereocenters. The molecule has 4 nitrogen and oxygen atoms in total. The Hall–Kier alpha value is -1.46. The number of piperidine rings is 3. The SMILES string of the molecule is NC(C(=O)OC1CN2CCC1CC2)c1cccc(F)c1. The Labute approximate surface area is 117 Å². The molecule has 5 heteroatoms. The molecule has 3 aliphatic rings. The summed E-state index contributed by atoms with van der Waals surface area (Å²) in [6.45, 7) is 2.98. The van der Waals surface area contributed by atoms with Crippen molar-refractivity contribution in [2.24, 2.45) is 11.7 Å². The highest BCUT2D eigenvalue weighted by Gasteiger charge is 2.37. The van der Waals surface area contributed by atoms with Crippen molar-refractivity contribution in [1.29, 1.82) is 0 Å². The number of nitrogens with two attached hydrogens (primary N) is 1. The lowest BCUT2D eigenvalue weighted by Crippen LogP contribution is -2.52. The molecule has 3 saturated heterocycles. The first-order valence-electron chi connectivity index (χ1n) is 7.07. The maximum Gasteiger partial charge on any atom is 0.327 e. The standard InChI is InChI=1S/C15H19FN2O2/c16-12-3-1-2-11(8-12)14(17)15(19)20-13-9-18-6-4-10(13)5-7-18/h1-3,8,10,13-14H,4-7,9,17H2. The van der Waals surface area contributed by atoms with Gasteiger partial charge in [0.05, 0.1) is 0 Å². The van der Waals surface area contributed by atoms with E-state index in [1.807, 2.05) is 0 Å². The highest BCUT2D eigenvalue weighted by molar-refractivity contribution is 5.77. The van der Waals surface area contributed by atoms with Crippen LogP contribution in [0.5, 0.6) is 0 Å². The van der Waals surface area contributed by atoms with Crippen LogP contribution in [0.3, 0.4) is 0 Å². The Bertz CT molecular complexity index is 500. The van der Waals surface area contributed by atoms with E-state index in [9.17, 15) is 9.18 Å². The molecule has 2 N–H and O–H groups in total. The number of carbonyl (C=O) groups excluding carboxylic acids is 1. The van der Waals surface area contributed by atoms with Gasteiger partial charge < -0.3 is 10.5 Å². The lowest BCUT2D eigenvalue weighted by molar-refractivity contribution is -0.160. The zero-order chi connectivity index (χ0) is 14.1. The van der Waals surface area contributed by atoms with Crippen molar-refractivity contribution in [2.45, 2.75) is 25.0 Å². The normalized spacial score (nSPS) is 30.0. The van der Waals surface area contributed by atoms with Gasteiger partial charge in [-0.05, 0) is 49.5 Å². The fourth-order valence-corrected chi connectivity index (χ4v) is 3.10. The summed E-state index contributed by atoms with van der Waals surface area (Å²) in [7, 11) is 0. The number of carbonyl (C=O) groups is 1. The number of hydrogen-bond donors (Lipinski definition) is 1. The average molecular weight is 278 g/mol. The summed E-state index contributed by atoms with van der Waals surface area (Å²) in [5, 5.41) is 0. The molecule has 0 aromatic heterocycles. The molecule has 3 heterocycles. The van der Waals surface area contributed by atoms with Crippen LogP contribution in [0.2, 0.25) is 0 Å². The van der Waals surface area contributed by atoms with Crippen molar-refractivity contribution in [2.75, 3.05) is 19.6 Å². The van der Waals surface area contributed by atoms with Gasteiger partial charge in [-0.1, -0.05) is 12.1 Å². The molecule has 2 unspecified atom stereocenters. The van der Waals surface area contributed by atoms with Gasteiger partial charge in [0.15, 0.2) is 0 Å². The molecular formula is C15H19FN2O2. The predicted octanol–water partition coefficient (Wildman–Crippen LogP) is 1.46. The first-order chi connectivity index (χ1) is 9.63. The van der Waals surface area contributed by atoms with Gasteiger partial charge in [-0.25, -0.2) is 9.18 Å². The third kappa shape index (κ3) is 2.69. The Morgan fingerprint density at radius 3 is 2.75 bits per heavy atom. The minimum atomic E-state index is -0.916. The van der Waals surface area contributed by atoms with Gasteiger partial charge in [0.2, 0.25) is 0 Å². The van der Waals surface area contributed by atoms with Gasteiger partial charge in [0, 0.05) is 6.54 Å². The summed E-state index contributed by atoms with van der Waals surface area (Å²) < 4.78 is 18.7. The third-order valence-corrected chi connectivity index (χ3v) is 4.33. The first kappa shape index (κ1) is 13.5. The zero-order valence-corrected chi connectivity index (χ0v) is 11.3. The van der Waals surface area contributed by atoms with E-state index in [1.165, 1.54) is 12.1 Å². The number of rotatable bonds is 3. The van der Waals surface area contributed by atoms with Crippen LogP contribution in [0, 0.1) is 11.7 Å². The molecule has 1 aromatic carbocycles. The summed E-state index contributed by atoms with van der Waals surface area (Å²) in [4.78, 5) is 14.4. The third-order valence-electron chi connectivity index (χ3n) is 4.33. The van der Waals surface area contributed by atoms with E-state index in [-0.39, 0.29) is 6.10 Å². The molecule has 0 saturated carbocycles. The van der Waals surface area contributed by atoms with Gasteiger partial charge >= 0.3 is 5.97 Å². The second kappa shape index (κ2) is 5.50. The largest absolute Gasteiger partial charge is 0.459 e. The topological polar surface area (TPSA) is 55.6 Å². The van der Waals surface area contributed by atoms with Gasteiger partial charge in [0.25, 0.3) is 0 Å². The second-order valence-corrected chi connectivity index (χ2v) is 5.65. The lowest BCUT2D eigenvalue weighted by Gasteiger charge is -2.44. The number of nitrogens with zero attached hydrogens (tertiary/aromatic N) is 1. The lowest BCUT2D eigenvalue weighted by atomic mass is 9.86. The maximum absolute atomic E-state index is 13.2. The van der Waals surface area contributed by atoms with Crippen molar-refractivity contribution < 1.29 is 13.9 Å². The summed E-state index contributed by atoms with van der Waals surface area (Å²) in [5.41, 5.74) is 6.32. The van der Waals surface area contributed by atoms with Crippen LogP contribution in [-0.2, 0) is 9.53 Å². The zero-order valence-electron chi connectivity index (χ0n) is 11.3. The fraction of sp³-hybridized carbons (Fsp3) is 0.533. The van der Waals surface area contributed by atoms with E-state index in [1.54, 1.807) is 12.1 Å². The van der Waals surface area contributed by atoms with Gasteiger partial charge in [-0.2, -0.15) is 0 Å². The summed E-state index contributed by atoms with van der Waals surface area (Å²) in [6.07, 6.45) is 2.09. The molecule has 4 rings (SSSR count). The Morgan fingerprint density at radius 1 is 1.40 bits per heavy atom. The van der Waals surface area contributed by atoms with Crippen molar-refractivity contribution >= 4 is 5.97 Å². The van der Waals surface area contributed by atoms with Crippen LogP contribution in [0.15, 0.2) is 24.3 Å².